The van der Waals surface area contributed by atoms with E-state index in [9.17, 15) is 14.7 Å². The highest BCUT2D eigenvalue weighted by Crippen LogP contribution is 2.14. The van der Waals surface area contributed by atoms with Crippen molar-refractivity contribution in [2.45, 2.75) is 39.8 Å². The number of nitrogens with zero attached hydrogens (tertiary/aromatic N) is 3. The van der Waals surface area contributed by atoms with Crippen LogP contribution in [0.2, 0.25) is 0 Å². The molecule has 0 saturated heterocycles. The van der Waals surface area contributed by atoms with Gasteiger partial charge in [-0.05, 0) is 33.8 Å². The van der Waals surface area contributed by atoms with Crippen LogP contribution < -0.4 is 5.32 Å². The Bertz CT molecular complexity index is 502. The zero-order chi connectivity index (χ0) is 15.3. The highest BCUT2D eigenvalue weighted by Gasteiger charge is 2.36. The second-order valence-corrected chi connectivity index (χ2v) is 4.86. The molecule has 0 unspecified atom stereocenters. The zero-order valence-corrected chi connectivity index (χ0v) is 12.2. The van der Waals surface area contributed by atoms with Gasteiger partial charge < -0.3 is 15.3 Å². The third-order valence-corrected chi connectivity index (χ3v) is 3.01. The molecule has 0 spiro atoms. The van der Waals surface area contributed by atoms with E-state index in [0.29, 0.717) is 18.1 Å². The van der Waals surface area contributed by atoms with Crippen molar-refractivity contribution in [1.29, 1.82) is 0 Å². The summed E-state index contributed by atoms with van der Waals surface area (Å²) in [6.45, 7) is 7.01. The van der Waals surface area contributed by atoms with Crippen LogP contribution in [0.1, 0.15) is 32.3 Å². The number of carbonyl (C=O) groups excluding carboxylic acids is 1. The van der Waals surface area contributed by atoms with Crippen LogP contribution in [0.25, 0.3) is 0 Å². The fraction of sp³-hybridized carbons (Fsp3) is 0.538. The largest absolute Gasteiger partial charge is 0.480 e. The monoisotopic (exact) mass is 280 g/mol. The first-order chi connectivity index (χ1) is 9.28. The lowest BCUT2D eigenvalue weighted by atomic mass is 10.0. The molecule has 20 heavy (non-hydrogen) atoms. The van der Waals surface area contributed by atoms with Gasteiger partial charge in [0.15, 0.2) is 0 Å². The number of carbonyl (C=O) groups is 2. The molecule has 110 valence electrons. The van der Waals surface area contributed by atoms with Crippen molar-refractivity contribution in [3.63, 3.8) is 0 Å². The molecule has 0 aromatic carbocycles. The third kappa shape index (κ3) is 3.66. The predicted octanol–water partition coefficient (Wildman–Crippen LogP) is 1.18. The van der Waals surface area contributed by atoms with Gasteiger partial charge in [-0.25, -0.2) is 19.6 Å². The highest BCUT2D eigenvalue weighted by molar-refractivity contribution is 5.85. The second-order valence-electron chi connectivity index (χ2n) is 4.86. The average molecular weight is 280 g/mol. The SMILES string of the molecule is CCN(C(=O)NCc1ccnc(C)n1)C(C)(C)C(=O)O. The molecule has 0 bridgehead atoms. The molecule has 7 heteroatoms. The number of aliphatic carboxylic acids is 1. The molecule has 0 saturated carbocycles. The van der Waals surface area contributed by atoms with Crippen LogP contribution in [0.3, 0.4) is 0 Å². The predicted molar refractivity (Wildman–Crippen MR) is 73.1 cm³/mol. The summed E-state index contributed by atoms with van der Waals surface area (Å²) >= 11 is 0. The number of carboxylic acids is 1. The van der Waals surface area contributed by atoms with Crippen LogP contribution in [0.15, 0.2) is 12.3 Å². The van der Waals surface area contributed by atoms with Crippen LogP contribution in [0, 0.1) is 6.92 Å². The van der Waals surface area contributed by atoms with Gasteiger partial charge in [-0.2, -0.15) is 0 Å². The van der Waals surface area contributed by atoms with Gasteiger partial charge in [0.25, 0.3) is 0 Å². The molecule has 0 aliphatic carbocycles. The molecule has 7 nitrogen and oxygen atoms in total. The number of rotatable bonds is 5. The average Bonchev–Trinajstić information content (AvgIpc) is 2.36. The molecule has 0 aliphatic heterocycles. The lowest BCUT2D eigenvalue weighted by Crippen LogP contribution is -2.55. The van der Waals surface area contributed by atoms with Gasteiger partial charge in [-0.15, -0.1) is 0 Å². The molecule has 2 N–H and O–H groups in total. The van der Waals surface area contributed by atoms with Gasteiger partial charge in [-0.3, -0.25) is 0 Å². The quantitative estimate of drug-likeness (QED) is 0.844. The minimum absolute atomic E-state index is 0.231. The molecule has 1 aromatic rings. The van der Waals surface area contributed by atoms with Crippen LogP contribution in [-0.4, -0.2) is 44.1 Å². The van der Waals surface area contributed by atoms with Crippen molar-refractivity contribution in [1.82, 2.24) is 20.2 Å². The molecule has 1 heterocycles. The molecule has 0 radical (unpaired) electrons. The van der Waals surface area contributed by atoms with Crippen LogP contribution in [-0.2, 0) is 11.3 Å². The maximum absolute atomic E-state index is 12.1. The van der Waals surface area contributed by atoms with E-state index < -0.39 is 17.5 Å². The molecular weight excluding hydrogens is 260 g/mol. The van der Waals surface area contributed by atoms with Crippen molar-refractivity contribution in [2.75, 3.05) is 6.54 Å². The Morgan fingerprint density at radius 1 is 1.45 bits per heavy atom. The fourth-order valence-electron chi connectivity index (χ4n) is 1.77. The summed E-state index contributed by atoms with van der Waals surface area (Å²) in [5, 5.41) is 11.8. The number of amides is 2. The number of likely N-dealkylation sites (N-methyl/N-ethyl adjacent to an activating group) is 1. The summed E-state index contributed by atoms with van der Waals surface area (Å²) in [5.41, 5.74) is -0.588. The van der Waals surface area contributed by atoms with E-state index in [1.54, 1.807) is 26.1 Å². The van der Waals surface area contributed by atoms with E-state index in [2.05, 4.69) is 15.3 Å². The maximum atomic E-state index is 12.1. The Labute approximate surface area is 118 Å². The van der Waals surface area contributed by atoms with E-state index in [1.807, 2.05) is 0 Å². The molecule has 1 rings (SSSR count). The standard InChI is InChI=1S/C13H20N4O3/c1-5-17(13(3,4)11(18)19)12(20)15-8-10-6-7-14-9(2)16-10/h6-7H,5,8H2,1-4H3,(H,15,20)(H,18,19). The van der Waals surface area contributed by atoms with Crippen molar-refractivity contribution in [3.05, 3.63) is 23.8 Å². The number of urea groups is 1. The Balaban J connectivity index is 2.72. The maximum Gasteiger partial charge on any atom is 0.329 e. The van der Waals surface area contributed by atoms with E-state index >= 15 is 0 Å². The number of hydrogen-bond acceptors (Lipinski definition) is 4. The van der Waals surface area contributed by atoms with E-state index in [0.717, 1.165) is 0 Å². The van der Waals surface area contributed by atoms with Gasteiger partial charge in [0.05, 0.1) is 12.2 Å². The highest BCUT2D eigenvalue weighted by atomic mass is 16.4. The Kier molecular flexibility index (Phi) is 5.01. The smallest absolute Gasteiger partial charge is 0.329 e. The fourth-order valence-corrected chi connectivity index (χ4v) is 1.77. The number of aryl methyl sites for hydroxylation is 1. The number of aromatic nitrogens is 2. The first-order valence-electron chi connectivity index (χ1n) is 6.36. The first-order valence-corrected chi connectivity index (χ1v) is 6.36. The normalized spacial score (nSPS) is 11.0. The summed E-state index contributed by atoms with van der Waals surface area (Å²) < 4.78 is 0. The molecule has 1 aromatic heterocycles. The molecular formula is C13H20N4O3. The summed E-state index contributed by atoms with van der Waals surface area (Å²) in [4.78, 5) is 32.7. The first kappa shape index (κ1) is 15.9. The number of carboxylic acid groups (broad SMARTS) is 1. The third-order valence-electron chi connectivity index (χ3n) is 3.01. The summed E-state index contributed by atoms with van der Waals surface area (Å²) in [7, 11) is 0. The van der Waals surface area contributed by atoms with E-state index in [4.69, 9.17) is 0 Å². The van der Waals surface area contributed by atoms with Crippen LogP contribution in [0.5, 0.6) is 0 Å². The summed E-state index contributed by atoms with van der Waals surface area (Å²) in [5.74, 6) is -0.428. The Morgan fingerprint density at radius 3 is 2.60 bits per heavy atom. The van der Waals surface area contributed by atoms with Crippen molar-refractivity contribution >= 4 is 12.0 Å². The van der Waals surface area contributed by atoms with Crippen molar-refractivity contribution in [3.8, 4) is 0 Å². The lowest BCUT2D eigenvalue weighted by molar-refractivity contribution is -0.147. The minimum Gasteiger partial charge on any atom is -0.480 e. The van der Waals surface area contributed by atoms with E-state index in [-0.39, 0.29) is 6.54 Å². The summed E-state index contributed by atoms with van der Waals surface area (Å²) in [6, 6.07) is 1.27. The van der Waals surface area contributed by atoms with Crippen LogP contribution >= 0.6 is 0 Å². The lowest BCUT2D eigenvalue weighted by Gasteiger charge is -2.34. The van der Waals surface area contributed by atoms with E-state index in [1.165, 1.54) is 18.7 Å². The topological polar surface area (TPSA) is 95.4 Å². The van der Waals surface area contributed by atoms with Gasteiger partial charge in [0.2, 0.25) is 0 Å². The molecule has 0 fully saturated rings. The minimum atomic E-state index is -1.26. The number of hydrogen-bond donors (Lipinski definition) is 2. The number of nitrogens with one attached hydrogen (secondary N) is 1. The van der Waals surface area contributed by atoms with Crippen molar-refractivity contribution < 1.29 is 14.7 Å². The van der Waals surface area contributed by atoms with Gasteiger partial charge in [0, 0.05) is 12.7 Å². The Morgan fingerprint density at radius 2 is 2.10 bits per heavy atom. The van der Waals surface area contributed by atoms with Gasteiger partial charge in [0.1, 0.15) is 11.4 Å². The second kappa shape index (κ2) is 6.31. The molecule has 2 amide bonds. The van der Waals surface area contributed by atoms with Crippen LogP contribution in [0.4, 0.5) is 4.79 Å². The Hall–Kier alpha value is -2.18. The molecule has 0 atom stereocenters. The van der Waals surface area contributed by atoms with Gasteiger partial charge >= 0.3 is 12.0 Å². The van der Waals surface area contributed by atoms with Gasteiger partial charge in [-0.1, -0.05) is 0 Å². The van der Waals surface area contributed by atoms with Crippen molar-refractivity contribution in [2.24, 2.45) is 0 Å². The zero-order valence-electron chi connectivity index (χ0n) is 12.2. The molecule has 0 aliphatic rings. The summed E-state index contributed by atoms with van der Waals surface area (Å²) in [6.07, 6.45) is 1.61.